The number of benzene rings is 3. The lowest BCUT2D eigenvalue weighted by Gasteiger charge is -2.27. The van der Waals surface area contributed by atoms with Crippen molar-refractivity contribution in [3.05, 3.63) is 101 Å². The number of halogens is 3. The molecule has 180 valence electrons. The predicted octanol–water partition coefficient (Wildman–Crippen LogP) is 6.04. The molecule has 0 radical (unpaired) electrons. The first kappa shape index (κ1) is 24.1. The van der Waals surface area contributed by atoms with Crippen molar-refractivity contribution in [1.82, 2.24) is 0 Å². The van der Waals surface area contributed by atoms with Crippen molar-refractivity contribution in [1.29, 1.82) is 0 Å². The van der Waals surface area contributed by atoms with E-state index >= 15 is 0 Å². The summed E-state index contributed by atoms with van der Waals surface area (Å²) in [7, 11) is 0. The van der Waals surface area contributed by atoms with Crippen LogP contribution in [0.25, 0.3) is 5.76 Å². The maximum absolute atomic E-state index is 13.2. The molecule has 0 aromatic heterocycles. The van der Waals surface area contributed by atoms with Crippen molar-refractivity contribution in [3.63, 3.8) is 0 Å². The first-order valence-electron chi connectivity index (χ1n) is 10.9. The van der Waals surface area contributed by atoms with Crippen molar-refractivity contribution < 1.29 is 32.6 Å². The highest BCUT2D eigenvalue weighted by molar-refractivity contribution is 6.51. The van der Waals surface area contributed by atoms with Gasteiger partial charge in [0.2, 0.25) is 0 Å². The van der Waals surface area contributed by atoms with Crippen LogP contribution in [0.5, 0.6) is 5.75 Å². The number of aliphatic hydroxyl groups is 1. The standard InChI is InChI=1S/C27H22F3NO4/c1-3-35-20-14-8-17(9-15-20)24(32)22-23(21-7-5-4-6-16(21)2)31(26(34)25(22)33)19-12-10-18(11-13-19)27(28,29)30/h4-15,23,32H,3H2,1-2H3/b24-22+. The minimum absolute atomic E-state index is 0.110. The number of ether oxygens (including phenoxy) is 1. The van der Waals surface area contributed by atoms with Crippen LogP contribution in [0.15, 0.2) is 78.4 Å². The largest absolute Gasteiger partial charge is 0.507 e. The third kappa shape index (κ3) is 4.51. The molecule has 1 aliphatic rings. The van der Waals surface area contributed by atoms with Gasteiger partial charge in [-0.2, -0.15) is 13.2 Å². The summed E-state index contributed by atoms with van der Waals surface area (Å²) in [4.78, 5) is 27.5. The third-order valence-corrected chi connectivity index (χ3v) is 5.84. The quantitative estimate of drug-likeness (QED) is 0.274. The predicted molar refractivity (Wildman–Crippen MR) is 125 cm³/mol. The minimum atomic E-state index is -4.55. The van der Waals surface area contributed by atoms with E-state index in [1.165, 1.54) is 0 Å². The van der Waals surface area contributed by atoms with E-state index in [0.717, 1.165) is 34.7 Å². The number of alkyl halides is 3. The highest BCUT2D eigenvalue weighted by Gasteiger charge is 2.47. The smallest absolute Gasteiger partial charge is 0.416 e. The normalized spacial score (nSPS) is 17.6. The first-order chi connectivity index (χ1) is 16.6. The average Bonchev–Trinajstić information content (AvgIpc) is 3.09. The van der Waals surface area contributed by atoms with Crippen LogP contribution in [-0.2, 0) is 15.8 Å². The van der Waals surface area contributed by atoms with Gasteiger partial charge in [-0.1, -0.05) is 24.3 Å². The molecule has 1 atom stereocenters. The molecule has 1 N–H and O–H groups in total. The number of hydrogen-bond acceptors (Lipinski definition) is 4. The van der Waals surface area contributed by atoms with Crippen molar-refractivity contribution in [2.24, 2.45) is 0 Å². The summed E-state index contributed by atoms with van der Waals surface area (Å²) in [6, 6.07) is 16.4. The number of amides is 1. The van der Waals surface area contributed by atoms with Gasteiger partial charge >= 0.3 is 6.18 Å². The molecule has 35 heavy (non-hydrogen) atoms. The van der Waals surface area contributed by atoms with E-state index in [1.54, 1.807) is 55.5 Å². The second kappa shape index (κ2) is 9.29. The zero-order valence-corrected chi connectivity index (χ0v) is 19.0. The molecule has 3 aromatic rings. The van der Waals surface area contributed by atoms with Crippen molar-refractivity contribution >= 4 is 23.1 Å². The average molecular weight is 481 g/mol. The molecule has 0 spiro atoms. The second-order valence-corrected chi connectivity index (χ2v) is 8.03. The lowest BCUT2D eigenvalue weighted by molar-refractivity contribution is -0.137. The molecule has 1 fully saturated rings. The summed E-state index contributed by atoms with van der Waals surface area (Å²) in [6.07, 6.45) is -4.55. The van der Waals surface area contributed by atoms with Gasteiger partial charge in [-0.25, -0.2) is 0 Å². The van der Waals surface area contributed by atoms with Gasteiger partial charge in [0, 0.05) is 11.3 Å². The van der Waals surface area contributed by atoms with Crippen molar-refractivity contribution in [3.8, 4) is 5.75 Å². The number of carbonyl (C=O) groups is 2. The number of anilines is 1. The van der Waals surface area contributed by atoms with Gasteiger partial charge in [0.15, 0.2) is 0 Å². The van der Waals surface area contributed by atoms with Crippen LogP contribution in [0.1, 0.15) is 35.2 Å². The van der Waals surface area contributed by atoms with Gasteiger partial charge in [-0.3, -0.25) is 14.5 Å². The molecule has 1 aliphatic heterocycles. The summed E-state index contributed by atoms with van der Waals surface area (Å²) in [6.45, 7) is 4.08. The Morgan fingerprint density at radius 2 is 1.60 bits per heavy atom. The Bertz CT molecular complexity index is 1300. The van der Waals surface area contributed by atoms with E-state index in [-0.39, 0.29) is 17.0 Å². The molecular formula is C27H22F3NO4. The molecule has 5 nitrogen and oxygen atoms in total. The van der Waals surface area contributed by atoms with E-state index in [9.17, 15) is 27.9 Å². The molecule has 0 saturated carbocycles. The molecule has 0 bridgehead atoms. The lowest BCUT2D eigenvalue weighted by Crippen LogP contribution is -2.29. The summed E-state index contributed by atoms with van der Waals surface area (Å²) < 4.78 is 44.6. The van der Waals surface area contributed by atoms with Crippen LogP contribution in [0.2, 0.25) is 0 Å². The van der Waals surface area contributed by atoms with Gasteiger partial charge in [-0.05, 0) is 73.5 Å². The van der Waals surface area contributed by atoms with E-state index in [4.69, 9.17) is 4.74 Å². The van der Waals surface area contributed by atoms with Crippen molar-refractivity contribution in [2.75, 3.05) is 11.5 Å². The van der Waals surface area contributed by atoms with E-state index < -0.39 is 29.5 Å². The topological polar surface area (TPSA) is 66.8 Å². The molecule has 1 unspecified atom stereocenters. The van der Waals surface area contributed by atoms with Crippen LogP contribution in [-0.4, -0.2) is 23.4 Å². The summed E-state index contributed by atoms with van der Waals surface area (Å²) in [5.74, 6) is -1.67. The zero-order valence-electron chi connectivity index (χ0n) is 19.0. The van der Waals surface area contributed by atoms with E-state index in [2.05, 4.69) is 0 Å². The van der Waals surface area contributed by atoms with E-state index in [0.29, 0.717) is 23.5 Å². The van der Waals surface area contributed by atoms with Crippen LogP contribution in [0, 0.1) is 6.92 Å². The maximum Gasteiger partial charge on any atom is 0.416 e. The Labute approximate surface area is 200 Å². The molecule has 1 amide bonds. The van der Waals surface area contributed by atoms with Gasteiger partial charge in [0.05, 0.1) is 23.8 Å². The Morgan fingerprint density at radius 1 is 0.971 bits per heavy atom. The number of Topliss-reactive ketones (excluding diaryl/α,β-unsaturated/α-hetero) is 1. The first-order valence-corrected chi connectivity index (χ1v) is 10.9. The highest BCUT2D eigenvalue weighted by atomic mass is 19.4. The number of carbonyl (C=O) groups excluding carboxylic acids is 2. The summed E-state index contributed by atoms with van der Waals surface area (Å²) in [5.41, 5.74) is 0.706. The fourth-order valence-electron chi connectivity index (χ4n) is 4.13. The monoisotopic (exact) mass is 481 g/mol. The Kier molecular flexibility index (Phi) is 6.39. The molecular weight excluding hydrogens is 459 g/mol. The van der Waals surface area contributed by atoms with Crippen LogP contribution in [0.3, 0.4) is 0 Å². The molecule has 1 heterocycles. The number of nitrogens with zero attached hydrogens (tertiary/aromatic N) is 1. The maximum atomic E-state index is 13.2. The number of aryl methyl sites for hydroxylation is 1. The SMILES string of the molecule is CCOc1ccc(/C(O)=C2\C(=O)C(=O)N(c3ccc(C(F)(F)F)cc3)C2c2ccccc2C)cc1. The van der Waals surface area contributed by atoms with Crippen molar-refractivity contribution in [2.45, 2.75) is 26.1 Å². The van der Waals surface area contributed by atoms with Crippen LogP contribution < -0.4 is 9.64 Å². The molecule has 4 rings (SSSR count). The summed E-state index contributed by atoms with van der Waals surface area (Å²) >= 11 is 0. The Morgan fingerprint density at radius 3 is 2.17 bits per heavy atom. The fourth-order valence-corrected chi connectivity index (χ4v) is 4.13. The van der Waals surface area contributed by atoms with Crippen LogP contribution in [0.4, 0.5) is 18.9 Å². The molecule has 3 aromatic carbocycles. The fraction of sp³-hybridized carbons (Fsp3) is 0.185. The Balaban J connectivity index is 1.88. The zero-order chi connectivity index (χ0) is 25.3. The number of aliphatic hydroxyl groups excluding tert-OH is 1. The van der Waals surface area contributed by atoms with Gasteiger partial charge in [-0.15, -0.1) is 0 Å². The second-order valence-electron chi connectivity index (χ2n) is 8.03. The number of ketones is 1. The Hall–Kier alpha value is -4.07. The third-order valence-electron chi connectivity index (χ3n) is 5.84. The lowest BCUT2D eigenvalue weighted by atomic mass is 9.92. The highest BCUT2D eigenvalue weighted by Crippen LogP contribution is 2.43. The molecule has 0 aliphatic carbocycles. The minimum Gasteiger partial charge on any atom is -0.507 e. The van der Waals surface area contributed by atoms with E-state index in [1.807, 2.05) is 6.92 Å². The number of rotatable bonds is 5. The summed E-state index contributed by atoms with van der Waals surface area (Å²) in [5, 5.41) is 11.2. The van der Waals surface area contributed by atoms with Gasteiger partial charge < -0.3 is 9.84 Å². The molecule has 1 saturated heterocycles. The van der Waals surface area contributed by atoms with Gasteiger partial charge in [0.1, 0.15) is 11.5 Å². The van der Waals surface area contributed by atoms with Crippen LogP contribution >= 0.6 is 0 Å². The number of hydrogen-bond donors (Lipinski definition) is 1. The molecule has 8 heteroatoms. The van der Waals surface area contributed by atoms with Gasteiger partial charge in [0.25, 0.3) is 11.7 Å².